The van der Waals surface area contributed by atoms with E-state index >= 15 is 0 Å². The van der Waals surface area contributed by atoms with Crippen LogP contribution in [0.4, 0.5) is 0 Å². The number of aromatic nitrogens is 2. The van der Waals surface area contributed by atoms with Gasteiger partial charge in [0.2, 0.25) is 0 Å². The van der Waals surface area contributed by atoms with Gasteiger partial charge in [0.05, 0.1) is 30.1 Å². The Morgan fingerprint density at radius 1 is 1.20 bits per heavy atom. The summed E-state index contributed by atoms with van der Waals surface area (Å²) in [5.74, 6) is 0.154. The Morgan fingerprint density at radius 3 is 2.70 bits per heavy atom. The number of phenols is 1. The zero-order chi connectivity index (χ0) is 21.4. The van der Waals surface area contributed by atoms with E-state index in [1.807, 2.05) is 41.5 Å². The molecule has 1 saturated heterocycles. The Bertz CT molecular complexity index is 1090. The van der Waals surface area contributed by atoms with Crippen molar-refractivity contribution >= 4 is 28.9 Å². The highest BCUT2D eigenvalue weighted by atomic mass is 35.5. The lowest BCUT2D eigenvalue weighted by atomic mass is 9.97. The number of pyridine rings is 1. The van der Waals surface area contributed by atoms with Crippen molar-refractivity contribution in [3.8, 4) is 11.4 Å². The first kappa shape index (κ1) is 20.7. The molecule has 1 aliphatic heterocycles. The molecule has 1 aromatic carbocycles. The average molecular weight is 443 g/mol. The minimum absolute atomic E-state index is 0.0128. The molecule has 3 aromatic rings. The number of nitrogens with zero attached hydrogens (tertiary/aromatic N) is 3. The summed E-state index contributed by atoms with van der Waals surface area (Å²) in [5.41, 5.74) is 4.47. The summed E-state index contributed by atoms with van der Waals surface area (Å²) in [4.78, 5) is 6.53. The van der Waals surface area contributed by atoms with Crippen molar-refractivity contribution in [1.82, 2.24) is 19.8 Å². The number of aliphatic hydroxyl groups is 1. The van der Waals surface area contributed by atoms with Crippen LogP contribution in [0.1, 0.15) is 34.7 Å². The summed E-state index contributed by atoms with van der Waals surface area (Å²) >= 11 is 11.8. The van der Waals surface area contributed by atoms with Crippen LogP contribution in [0.25, 0.3) is 5.69 Å². The van der Waals surface area contributed by atoms with Gasteiger partial charge in [-0.1, -0.05) is 17.7 Å². The molecule has 2 atom stereocenters. The predicted molar refractivity (Wildman–Crippen MR) is 121 cm³/mol. The zero-order valence-corrected chi connectivity index (χ0v) is 18.3. The number of nitrogens with one attached hydrogen (secondary N) is 1. The molecular formula is C22H23ClN4O2S. The number of β-amino-alcohol motifs (C(OH)–C–C–N with tert-alkyl or cyclic N) is 1. The number of hydrogen-bond acceptors (Lipinski definition) is 4. The van der Waals surface area contributed by atoms with Crippen LogP contribution in [0.5, 0.6) is 5.75 Å². The highest BCUT2D eigenvalue weighted by Gasteiger charge is 2.41. The topological polar surface area (TPSA) is 73.5 Å². The number of aliphatic hydroxyl groups excluding tert-OH is 1. The van der Waals surface area contributed by atoms with E-state index in [4.69, 9.17) is 23.8 Å². The van der Waals surface area contributed by atoms with Gasteiger partial charge in [-0.05, 0) is 68.0 Å². The van der Waals surface area contributed by atoms with Crippen LogP contribution in [0.2, 0.25) is 5.02 Å². The van der Waals surface area contributed by atoms with E-state index in [1.54, 1.807) is 24.4 Å². The van der Waals surface area contributed by atoms with E-state index in [0.717, 1.165) is 22.6 Å². The SMILES string of the molecule is Cc1cc([C@@H]2[C@@H](c3ccccn3)NC(=S)N2CCO)c(C)n1-c1cc(Cl)ccc1O. The molecule has 4 rings (SSSR count). The van der Waals surface area contributed by atoms with Crippen LogP contribution >= 0.6 is 23.8 Å². The number of phenolic OH excluding ortho intramolecular Hbond substituents is 1. The van der Waals surface area contributed by atoms with Crippen LogP contribution in [-0.4, -0.2) is 42.9 Å². The number of halogens is 1. The maximum absolute atomic E-state index is 10.5. The Balaban J connectivity index is 1.86. The Hall–Kier alpha value is -2.61. The molecule has 0 spiro atoms. The van der Waals surface area contributed by atoms with Crippen molar-refractivity contribution in [3.05, 3.63) is 76.3 Å². The van der Waals surface area contributed by atoms with Crippen molar-refractivity contribution in [2.45, 2.75) is 25.9 Å². The molecule has 0 amide bonds. The molecule has 6 nitrogen and oxygen atoms in total. The van der Waals surface area contributed by atoms with Crippen molar-refractivity contribution in [1.29, 1.82) is 0 Å². The summed E-state index contributed by atoms with van der Waals surface area (Å²) in [6.45, 7) is 4.40. The van der Waals surface area contributed by atoms with Gasteiger partial charge in [0.25, 0.3) is 0 Å². The highest BCUT2D eigenvalue weighted by molar-refractivity contribution is 7.80. The smallest absolute Gasteiger partial charge is 0.170 e. The number of aromatic hydroxyl groups is 1. The lowest BCUT2D eigenvalue weighted by Gasteiger charge is -2.27. The van der Waals surface area contributed by atoms with Gasteiger partial charge < -0.3 is 25.0 Å². The Kier molecular flexibility index (Phi) is 5.69. The van der Waals surface area contributed by atoms with Gasteiger partial charge in [0, 0.05) is 29.2 Å². The maximum Gasteiger partial charge on any atom is 0.170 e. The minimum atomic E-state index is -0.160. The molecule has 0 radical (unpaired) electrons. The molecule has 30 heavy (non-hydrogen) atoms. The van der Waals surface area contributed by atoms with Gasteiger partial charge in [-0.3, -0.25) is 4.98 Å². The second-order valence-corrected chi connectivity index (χ2v) is 8.16. The lowest BCUT2D eigenvalue weighted by molar-refractivity contribution is 0.223. The van der Waals surface area contributed by atoms with Crippen LogP contribution in [-0.2, 0) is 0 Å². The van der Waals surface area contributed by atoms with Gasteiger partial charge >= 0.3 is 0 Å². The fraction of sp³-hybridized carbons (Fsp3) is 0.273. The van der Waals surface area contributed by atoms with Gasteiger partial charge in [0.15, 0.2) is 5.11 Å². The van der Waals surface area contributed by atoms with Gasteiger partial charge in [0.1, 0.15) is 5.75 Å². The molecule has 3 heterocycles. The van der Waals surface area contributed by atoms with Crippen molar-refractivity contribution in [2.24, 2.45) is 0 Å². The lowest BCUT2D eigenvalue weighted by Crippen LogP contribution is -2.32. The standard InChI is InChI=1S/C22H23ClN4O2S/c1-13-11-16(14(2)27(13)18-12-15(23)6-7-19(18)29)21-20(17-5-3-4-8-24-17)25-22(30)26(21)9-10-28/h3-8,11-12,20-21,28-29H,9-10H2,1-2H3,(H,25,30)/t20-,21-/m1/s1. The third-order valence-corrected chi connectivity index (χ3v) is 6.09. The summed E-state index contributed by atoms with van der Waals surface area (Å²) in [6, 6.07) is 12.6. The van der Waals surface area contributed by atoms with E-state index in [1.165, 1.54) is 0 Å². The van der Waals surface area contributed by atoms with Gasteiger partial charge in [-0.25, -0.2) is 0 Å². The van der Waals surface area contributed by atoms with Crippen molar-refractivity contribution < 1.29 is 10.2 Å². The van der Waals surface area contributed by atoms with E-state index < -0.39 is 0 Å². The van der Waals surface area contributed by atoms with Crippen LogP contribution in [0, 0.1) is 13.8 Å². The molecule has 156 valence electrons. The van der Waals surface area contributed by atoms with Crippen molar-refractivity contribution in [3.63, 3.8) is 0 Å². The predicted octanol–water partition coefficient (Wildman–Crippen LogP) is 3.81. The maximum atomic E-state index is 10.5. The molecule has 0 saturated carbocycles. The monoisotopic (exact) mass is 442 g/mol. The molecule has 8 heteroatoms. The second-order valence-electron chi connectivity index (χ2n) is 7.34. The molecule has 2 aromatic heterocycles. The van der Waals surface area contributed by atoms with Crippen LogP contribution < -0.4 is 5.32 Å². The molecule has 1 aliphatic rings. The van der Waals surface area contributed by atoms with Crippen LogP contribution in [0.3, 0.4) is 0 Å². The average Bonchev–Trinajstić information content (AvgIpc) is 3.21. The third-order valence-electron chi connectivity index (χ3n) is 5.51. The largest absolute Gasteiger partial charge is 0.506 e. The first-order valence-corrected chi connectivity index (χ1v) is 10.5. The summed E-state index contributed by atoms with van der Waals surface area (Å²) in [5, 5.41) is 24.6. The summed E-state index contributed by atoms with van der Waals surface area (Å²) in [6.07, 6.45) is 1.76. The molecule has 0 aliphatic carbocycles. The molecule has 0 bridgehead atoms. The van der Waals surface area contributed by atoms with E-state index in [-0.39, 0.29) is 24.4 Å². The van der Waals surface area contributed by atoms with E-state index in [0.29, 0.717) is 22.4 Å². The zero-order valence-electron chi connectivity index (χ0n) is 16.7. The number of aryl methyl sites for hydroxylation is 1. The molecular weight excluding hydrogens is 420 g/mol. The number of thiocarbonyl (C=S) groups is 1. The fourth-order valence-corrected chi connectivity index (χ4v) is 4.72. The van der Waals surface area contributed by atoms with Crippen molar-refractivity contribution in [2.75, 3.05) is 13.2 Å². The normalized spacial score (nSPS) is 18.7. The van der Waals surface area contributed by atoms with Gasteiger partial charge in [-0.15, -0.1) is 0 Å². The first-order chi connectivity index (χ1) is 14.4. The summed E-state index contributed by atoms with van der Waals surface area (Å²) in [7, 11) is 0. The Morgan fingerprint density at radius 2 is 2.00 bits per heavy atom. The molecule has 3 N–H and O–H groups in total. The molecule has 1 fully saturated rings. The quantitative estimate of drug-likeness (QED) is 0.522. The van der Waals surface area contributed by atoms with E-state index in [2.05, 4.69) is 16.4 Å². The fourth-order valence-electron chi connectivity index (χ4n) is 4.23. The first-order valence-electron chi connectivity index (χ1n) is 9.69. The highest BCUT2D eigenvalue weighted by Crippen LogP contribution is 2.42. The van der Waals surface area contributed by atoms with Gasteiger partial charge in [-0.2, -0.15) is 0 Å². The van der Waals surface area contributed by atoms with Crippen LogP contribution in [0.15, 0.2) is 48.7 Å². The number of benzene rings is 1. The summed E-state index contributed by atoms with van der Waals surface area (Å²) < 4.78 is 1.99. The Labute approximate surface area is 185 Å². The minimum Gasteiger partial charge on any atom is -0.506 e. The second kappa shape index (κ2) is 8.26. The number of hydrogen-bond donors (Lipinski definition) is 3. The van der Waals surface area contributed by atoms with E-state index in [9.17, 15) is 10.2 Å². The molecule has 0 unspecified atom stereocenters. The number of rotatable bonds is 5. The third kappa shape index (κ3) is 3.53.